The number of methoxy groups -OCH3 is 1. The lowest BCUT2D eigenvalue weighted by atomic mass is 10.1. The molecule has 0 aliphatic carbocycles. The molecule has 7 heteroatoms. The van der Waals surface area contributed by atoms with E-state index in [1.807, 2.05) is 26.0 Å². The molecule has 0 atom stereocenters. The number of carboxylic acid groups (broad SMARTS) is 1. The van der Waals surface area contributed by atoms with Gasteiger partial charge in [-0.2, -0.15) is 0 Å². The van der Waals surface area contributed by atoms with Crippen LogP contribution in [0.5, 0.6) is 17.2 Å². The molecule has 2 rings (SSSR count). The van der Waals surface area contributed by atoms with Crippen LogP contribution in [0.4, 0.5) is 5.69 Å². The second kappa shape index (κ2) is 10.2. The summed E-state index contributed by atoms with van der Waals surface area (Å²) in [5.41, 5.74) is 1.31. The summed E-state index contributed by atoms with van der Waals surface area (Å²) in [7, 11) is 1.52. The van der Waals surface area contributed by atoms with Crippen LogP contribution in [0.1, 0.15) is 29.8 Å². The minimum atomic E-state index is -1.10. The van der Waals surface area contributed by atoms with Crippen LogP contribution in [0.3, 0.4) is 0 Å². The molecule has 0 heterocycles. The van der Waals surface area contributed by atoms with E-state index in [2.05, 4.69) is 11.9 Å². The van der Waals surface area contributed by atoms with E-state index in [4.69, 9.17) is 14.2 Å². The fourth-order valence-corrected chi connectivity index (χ4v) is 2.57. The molecule has 0 fully saturated rings. The van der Waals surface area contributed by atoms with Crippen LogP contribution < -0.4 is 19.5 Å². The van der Waals surface area contributed by atoms with Crippen LogP contribution in [-0.4, -0.2) is 36.8 Å². The molecule has 0 aliphatic heterocycles. The molecule has 0 aliphatic rings. The van der Waals surface area contributed by atoms with Crippen molar-refractivity contribution in [1.29, 1.82) is 0 Å². The van der Waals surface area contributed by atoms with Gasteiger partial charge in [-0.1, -0.05) is 12.1 Å². The summed E-state index contributed by atoms with van der Waals surface area (Å²) in [6, 6.07) is 9.69. The predicted octanol–water partition coefficient (Wildman–Crippen LogP) is 3.93. The number of hydrogen-bond acceptors (Lipinski definition) is 5. The van der Waals surface area contributed by atoms with Crippen molar-refractivity contribution >= 4 is 17.6 Å². The van der Waals surface area contributed by atoms with Gasteiger partial charge in [-0.15, -0.1) is 6.58 Å². The van der Waals surface area contributed by atoms with Gasteiger partial charge < -0.3 is 24.6 Å². The van der Waals surface area contributed by atoms with Crippen LogP contribution in [0.25, 0.3) is 0 Å². The van der Waals surface area contributed by atoms with Crippen molar-refractivity contribution in [2.24, 2.45) is 0 Å². The topological polar surface area (TPSA) is 94.1 Å². The standard InChI is InChI=1S/C22H25NO6/c1-5-6-15-7-9-19(20(11-15)27-4)28-13-21(24)23-17-12-16(22(25)26)8-10-18(17)29-14(2)3/h5,7-12,14H,1,6,13H2,2-4H3,(H,23,24)(H,25,26). The van der Waals surface area contributed by atoms with Gasteiger partial charge in [0.05, 0.1) is 24.5 Å². The Morgan fingerprint density at radius 3 is 2.48 bits per heavy atom. The third kappa shape index (κ3) is 6.27. The second-order valence-electron chi connectivity index (χ2n) is 6.50. The van der Waals surface area contributed by atoms with Gasteiger partial charge in [0, 0.05) is 0 Å². The van der Waals surface area contributed by atoms with Gasteiger partial charge in [-0.3, -0.25) is 4.79 Å². The molecule has 0 radical (unpaired) electrons. The van der Waals surface area contributed by atoms with E-state index in [-0.39, 0.29) is 24.0 Å². The number of benzene rings is 2. The Balaban J connectivity index is 2.11. The summed E-state index contributed by atoms with van der Waals surface area (Å²) in [6.07, 6.45) is 2.33. The fraction of sp³-hybridized carbons (Fsp3) is 0.273. The highest BCUT2D eigenvalue weighted by atomic mass is 16.5. The lowest BCUT2D eigenvalue weighted by Crippen LogP contribution is -2.21. The molecule has 29 heavy (non-hydrogen) atoms. The average molecular weight is 399 g/mol. The monoisotopic (exact) mass is 399 g/mol. The van der Waals surface area contributed by atoms with E-state index in [0.29, 0.717) is 23.7 Å². The first-order chi connectivity index (χ1) is 13.8. The highest BCUT2D eigenvalue weighted by Gasteiger charge is 2.14. The number of aromatic carboxylic acids is 1. The molecule has 1 amide bonds. The molecule has 2 aromatic rings. The lowest BCUT2D eigenvalue weighted by molar-refractivity contribution is -0.118. The van der Waals surface area contributed by atoms with Crippen molar-refractivity contribution in [3.8, 4) is 17.2 Å². The van der Waals surface area contributed by atoms with Crippen molar-refractivity contribution in [1.82, 2.24) is 0 Å². The van der Waals surface area contributed by atoms with E-state index in [0.717, 1.165) is 5.56 Å². The lowest BCUT2D eigenvalue weighted by Gasteiger charge is -2.16. The maximum absolute atomic E-state index is 12.4. The molecule has 2 N–H and O–H groups in total. The Hall–Kier alpha value is -3.48. The molecule has 2 aromatic carbocycles. The molecule has 0 bridgehead atoms. The van der Waals surface area contributed by atoms with Crippen LogP contribution in [0.2, 0.25) is 0 Å². The van der Waals surface area contributed by atoms with Gasteiger partial charge in [0.1, 0.15) is 5.75 Å². The van der Waals surface area contributed by atoms with Crippen LogP contribution in [0.15, 0.2) is 49.1 Å². The summed E-state index contributed by atoms with van der Waals surface area (Å²) < 4.78 is 16.5. The van der Waals surface area contributed by atoms with E-state index in [1.165, 1.54) is 25.3 Å². The highest BCUT2D eigenvalue weighted by Crippen LogP contribution is 2.29. The third-order valence-electron chi connectivity index (χ3n) is 3.83. The SMILES string of the molecule is C=CCc1ccc(OCC(=O)Nc2cc(C(=O)O)ccc2OC(C)C)c(OC)c1. The summed E-state index contributed by atoms with van der Waals surface area (Å²) >= 11 is 0. The summed E-state index contributed by atoms with van der Waals surface area (Å²) in [6.45, 7) is 7.09. The quantitative estimate of drug-likeness (QED) is 0.588. The number of amides is 1. The molecular weight excluding hydrogens is 374 g/mol. The van der Waals surface area contributed by atoms with Crippen LogP contribution in [-0.2, 0) is 11.2 Å². The van der Waals surface area contributed by atoms with Crippen molar-refractivity contribution in [3.05, 3.63) is 60.2 Å². The summed E-state index contributed by atoms with van der Waals surface area (Å²) in [5, 5.41) is 11.8. The fourth-order valence-electron chi connectivity index (χ4n) is 2.57. The number of carboxylic acids is 1. The molecule has 154 valence electrons. The first kappa shape index (κ1) is 21.8. The van der Waals surface area contributed by atoms with Gasteiger partial charge in [0.15, 0.2) is 18.1 Å². The highest BCUT2D eigenvalue weighted by molar-refractivity contribution is 5.96. The number of carbonyl (C=O) groups excluding carboxylic acids is 1. The molecule has 0 spiro atoms. The Morgan fingerprint density at radius 1 is 1.14 bits per heavy atom. The molecular formula is C22H25NO6. The third-order valence-corrected chi connectivity index (χ3v) is 3.83. The number of allylic oxidation sites excluding steroid dienone is 1. The number of anilines is 1. The Bertz CT molecular complexity index is 891. The number of rotatable bonds is 10. The van der Waals surface area contributed by atoms with Gasteiger partial charge >= 0.3 is 5.97 Å². The second-order valence-corrected chi connectivity index (χ2v) is 6.50. The van der Waals surface area contributed by atoms with E-state index >= 15 is 0 Å². The van der Waals surface area contributed by atoms with Crippen LogP contribution >= 0.6 is 0 Å². The van der Waals surface area contributed by atoms with Crippen LogP contribution in [0, 0.1) is 0 Å². The molecule has 7 nitrogen and oxygen atoms in total. The van der Waals surface area contributed by atoms with Crippen molar-refractivity contribution in [3.63, 3.8) is 0 Å². The normalized spacial score (nSPS) is 10.3. The Kier molecular flexibility index (Phi) is 7.65. The van der Waals surface area contributed by atoms with Gasteiger partial charge in [0.2, 0.25) is 0 Å². The largest absolute Gasteiger partial charge is 0.493 e. The number of ether oxygens (including phenoxy) is 3. The minimum Gasteiger partial charge on any atom is -0.493 e. The van der Waals surface area contributed by atoms with Crippen molar-refractivity contribution in [2.45, 2.75) is 26.4 Å². The van der Waals surface area contributed by atoms with E-state index in [9.17, 15) is 14.7 Å². The Morgan fingerprint density at radius 2 is 1.86 bits per heavy atom. The first-order valence-electron chi connectivity index (χ1n) is 9.08. The number of carbonyl (C=O) groups is 2. The minimum absolute atomic E-state index is 0.0387. The molecule has 0 unspecified atom stereocenters. The van der Waals surface area contributed by atoms with Crippen molar-refractivity contribution < 1.29 is 28.9 Å². The zero-order valence-corrected chi connectivity index (χ0v) is 16.7. The number of hydrogen-bond donors (Lipinski definition) is 2. The maximum atomic E-state index is 12.4. The summed E-state index contributed by atoms with van der Waals surface area (Å²) in [5.74, 6) is -0.248. The predicted molar refractivity (Wildman–Crippen MR) is 110 cm³/mol. The summed E-state index contributed by atoms with van der Waals surface area (Å²) in [4.78, 5) is 23.6. The molecule has 0 saturated heterocycles. The zero-order valence-electron chi connectivity index (χ0n) is 16.7. The smallest absolute Gasteiger partial charge is 0.335 e. The average Bonchev–Trinajstić information content (AvgIpc) is 2.67. The van der Waals surface area contributed by atoms with Gasteiger partial charge in [0.25, 0.3) is 5.91 Å². The zero-order chi connectivity index (χ0) is 21.4. The molecule has 0 saturated carbocycles. The first-order valence-corrected chi connectivity index (χ1v) is 9.08. The Labute approximate surface area is 169 Å². The van der Waals surface area contributed by atoms with Crippen molar-refractivity contribution in [2.75, 3.05) is 19.0 Å². The van der Waals surface area contributed by atoms with E-state index < -0.39 is 11.9 Å². The van der Waals surface area contributed by atoms with Gasteiger partial charge in [-0.25, -0.2) is 4.79 Å². The number of nitrogens with one attached hydrogen (secondary N) is 1. The molecule has 0 aromatic heterocycles. The van der Waals surface area contributed by atoms with E-state index in [1.54, 1.807) is 12.1 Å². The van der Waals surface area contributed by atoms with Gasteiger partial charge in [-0.05, 0) is 56.2 Å². The maximum Gasteiger partial charge on any atom is 0.335 e.